The number of nitrogens with one attached hydrogen (secondary N) is 1. The van der Waals surface area contributed by atoms with Crippen molar-refractivity contribution < 1.29 is 4.79 Å². The number of hydrogen-bond donors (Lipinski definition) is 1. The van der Waals surface area contributed by atoms with E-state index in [1.165, 1.54) is 0 Å². The van der Waals surface area contributed by atoms with E-state index in [-0.39, 0.29) is 11.8 Å². The first-order valence-corrected chi connectivity index (χ1v) is 5.77. The summed E-state index contributed by atoms with van der Waals surface area (Å²) in [7, 11) is 0. The fraction of sp³-hybridized carbons (Fsp3) is 0.200. The summed E-state index contributed by atoms with van der Waals surface area (Å²) >= 11 is 7.01. The first kappa shape index (κ1) is 10.4. The number of aromatic nitrogens is 1. The zero-order chi connectivity index (χ0) is 10.8. The third-order valence-corrected chi connectivity index (χ3v) is 3.08. The van der Waals surface area contributed by atoms with Gasteiger partial charge >= 0.3 is 0 Å². The lowest BCUT2D eigenvalue weighted by atomic mass is 10.3. The number of rotatable bonds is 2. The van der Waals surface area contributed by atoms with Crippen molar-refractivity contribution in [2.24, 2.45) is 0 Å². The third kappa shape index (κ3) is 2.27. The van der Waals surface area contributed by atoms with Crippen LogP contribution in [0.3, 0.4) is 0 Å². The highest BCUT2D eigenvalue weighted by molar-refractivity contribution is 7.18. The van der Waals surface area contributed by atoms with E-state index in [0.29, 0.717) is 0 Å². The van der Waals surface area contributed by atoms with Crippen molar-refractivity contribution in [2.75, 3.05) is 11.2 Å². The lowest BCUT2D eigenvalue weighted by molar-refractivity contribution is -0.113. The number of nitrogens with zero attached hydrogens (tertiary/aromatic N) is 1. The van der Waals surface area contributed by atoms with Gasteiger partial charge in [-0.1, -0.05) is 0 Å². The van der Waals surface area contributed by atoms with Crippen LogP contribution in [0.15, 0.2) is 18.2 Å². The number of fused-ring (bicyclic) bond motifs is 1. The van der Waals surface area contributed by atoms with E-state index in [4.69, 9.17) is 11.6 Å². The van der Waals surface area contributed by atoms with Crippen molar-refractivity contribution in [1.82, 2.24) is 4.98 Å². The van der Waals surface area contributed by atoms with Gasteiger partial charge in [-0.3, -0.25) is 4.79 Å². The van der Waals surface area contributed by atoms with Gasteiger partial charge in [-0.15, -0.1) is 22.9 Å². The Balaban J connectivity index is 2.33. The molecular weight excluding hydrogens is 232 g/mol. The van der Waals surface area contributed by atoms with Crippen LogP contribution in [0.4, 0.5) is 5.69 Å². The molecule has 5 heteroatoms. The van der Waals surface area contributed by atoms with E-state index >= 15 is 0 Å². The van der Waals surface area contributed by atoms with Crippen molar-refractivity contribution in [1.29, 1.82) is 0 Å². The van der Waals surface area contributed by atoms with Crippen LogP contribution in [0.1, 0.15) is 5.01 Å². The SMILES string of the molecule is Cc1nc2ccc(NC(=O)CCl)cc2s1. The number of aryl methyl sites for hydroxylation is 1. The number of amides is 1. The van der Waals surface area contributed by atoms with Gasteiger partial charge in [-0.2, -0.15) is 0 Å². The predicted octanol–water partition coefficient (Wildman–Crippen LogP) is 2.78. The minimum atomic E-state index is -0.197. The van der Waals surface area contributed by atoms with Crippen molar-refractivity contribution >= 4 is 44.7 Å². The molecule has 0 saturated carbocycles. The minimum Gasteiger partial charge on any atom is -0.325 e. The van der Waals surface area contributed by atoms with E-state index in [9.17, 15) is 4.79 Å². The van der Waals surface area contributed by atoms with Crippen LogP contribution in [0.2, 0.25) is 0 Å². The Morgan fingerprint density at radius 2 is 2.40 bits per heavy atom. The maximum absolute atomic E-state index is 11.1. The lowest BCUT2D eigenvalue weighted by Crippen LogP contribution is -2.12. The summed E-state index contributed by atoms with van der Waals surface area (Å²) in [6, 6.07) is 5.62. The molecule has 0 aliphatic carbocycles. The molecule has 0 atom stereocenters. The Morgan fingerprint density at radius 3 is 3.13 bits per heavy atom. The van der Waals surface area contributed by atoms with Crippen LogP contribution < -0.4 is 5.32 Å². The molecule has 15 heavy (non-hydrogen) atoms. The predicted molar refractivity (Wildman–Crippen MR) is 63.7 cm³/mol. The molecule has 1 aromatic heterocycles. The highest BCUT2D eigenvalue weighted by Gasteiger charge is 2.03. The van der Waals surface area contributed by atoms with Gasteiger partial charge in [-0.05, 0) is 25.1 Å². The number of alkyl halides is 1. The topological polar surface area (TPSA) is 42.0 Å². The molecular formula is C10H9ClN2OS. The molecule has 0 aliphatic rings. The summed E-state index contributed by atoms with van der Waals surface area (Å²) < 4.78 is 1.07. The highest BCUT2D eigenvalue weighted by atomic mass is 35.5. The van der Waals surface area contributed by atoms with Gasteiger partial charge in [0.15, 0.2) is 0 Å². The molecule has 1 heterocycles. The van der Waals surface area contributed by atoms with Crippen LogP contribution in [0.5, 0.6) is 0 Å². The largest absolute Gasteiger partial charge is 0.325 e. The van der Waals surface area contributed by atoms with Gasteiger partial charge in [0.05, 0.1) is 15.2 Å². The maximum Gasteiger partial charge on any atom is 0.239 e. The molecule has 0 bridgehead atoms. The van der Waals surface area contributed by atoms with E-state index in [2.05, 4.69) is 10.3 Å². The Morgan fingerprint density at radius 1 is 1.60 bits per heavy atom. The average molecular weight is 241 g/mol. The number of thiazole rings is 1. The molecule has 1 N–H and O–H groups in total. The number of hydrogen-bond acceptors (Lipinski definition) is 3. The quantitative estimate of drug-likeness (QED) is 0.821. The molecule has 0 fully saturated rings. The summed E-state index contributed by atoms with van der Waals surface area (Å²) in [5.41, 5.74) is 1.72. The van der Waals surface area contributed by atoms with Crippen molar-refractivity contribution in [2.45, 2.75) is 6.92 Å². The van der Waals surface area contributed by atoms with E-state index in [1.54, 1.807) is 11.3 Å². The average Bonchev–Trinajstić information content (AvgIpc) is 2.57. The van der Waals surface area contributed by atoms with Crippen LogP contribution in [0, 0.1) is 6.92 Å². The van der Waals surface area contributed by atoms with Gasteiger partial charge in [0.2, 0.25) is 5.91 Å². The number of carbonyl (C=O) groups excluding carboxylic acids is 1. The maximum atomic E-state index is 11.1. The molecule has 1 aromatic carbocycles. The normalized spacial score (nSPS) is 10.5. The monoisotopic (exact) mass is 240 g/mol. The van der Waals surface area contributed by atoms with Gasteiger partial charge in [-0.25, -0.2) is 4.98 Å². The zero-order valence-corrected chi connectivity index (χ0v) is 9.65. The van der Waals surface area contributed by atoms with E-state index in [0.717, 1.165) is 20.9 Å². The molecule has 78 valence electrons. The number of anilines is 1. The Hall–Kier alpha value is -1.13. The summed E-state index contributed by atoms with van der Waals surface area (Å²) in [4.78, 5) is 15.4. The van der Waals surface area contributed by atoms with Gasteiger partial charge in [0.25, 0.3) is 0 Å². The number of benzene rings is 1. The fourth-order valence-electron chi connectivity index (χ4n) is 1.31. The van der Waals surface area contributed by atoms with Gasteiger partial charge in [0.1, 0.15) is 5.88 Å². The lowest BCUT2D eigenvalue weighted by Gasteiger charge is -2.01. The second-order valence-corrected chi connectivity index (χ2v) is 4.60. The van der Waals surface area contributed by atoms with E-state index < -0.39 is 0 Å². The number of carbonyl (C=O) groups is 1. The van der Waals surface area contributed by atoms with Crippen molar-refractivity contribution in [3.8, 4) is 0 Å². The molecule has 2 rings (SSSR count). The fourth-order valence-corrected chi connectivity index (χ4v) is 2.25. The standard InChI is InChI=1S/C10H9ClN2OS/c1-6-12-8-3-2-7(4-9(8)15-6)13-10(14)5-11/h2-4H,5H2,1H3,(H,13,14). The van der Waals surface area contributed by atoms with Crippen molar-refractivity contribution in [3.05, 3.63) is 23.2 Å². The molecule has 0 spiro atoms. The Labute approximate surface area is 96.1 Å². The molecule has 0 radical (unpaired) electrons. The Bertz CT molecular complexity index is 509. The minimum absolute atomic E-state index is 0.0280. The highest BCUT2D eigenvalue weighted by Crippen LogP contribution is 2.24. The summed E-state index contributed by atoms with van der Waals surface area (Å²) in [6.45, 7) is 1.96. The molecule has 0 aliphatic heterocycles. The van der Waals surface area contributed by atoms with E-state index in [1.807, 2.05) is 25.1 Å². The summed E-state index contributed by atoms with van der Waals surface area (Å²) in [5.74, 6) is -0.225. The van der Waals surface area contributed by atoms with Crippen LogP contribution >= 0.6 is 22.9 Å². The molecule has 0 saturated heterocycles. The molecule has 2 aromatic rings. The molecule has 1 amide bonds. The van der Waals surface area contributed by atoms with Gasteiger partial charge in [0, 0.05) is 5.69 Å². The smallest absolute Gasteiger partial charge is 0.239 e. The first-order chi connectivity index (χ1) is 7.19. The van der Waals surface area contributed by atoms with Gasteiger partial charge < -0.3 is 5.32 Å². The summed E-state index contributed by atoms with van der Waals surface area (Å²) in [5, 5.41) is 3.72. The van der Waals surface area contributed by atoms with Crippen LogP contribution in [0.25, 0.3) is 10.2 Å². The summed E-state index contributed by atoms with van der Waals surface area (Å²) in [6.07, 6.45) is 0. The second-order valence-electron chi connectivity index (χ2n) is 3.10. The third-order valence-electron chi connectivity index (χ3n) is 1.90. The Kier molecular flexibility index (Phi) is 2.88. The first-order valence-electron chi connectivity index (χ1n) is 4.42. The number of halogens is 1. The van der Waals surface area contributed by atoms with Crippen molar-refractivity contribution in [3.63, 3.8) is 0 Å². The second kappa shape index (κ2) is 4.16. The molecule has 3 nitrogen and oxygen atoms in total. The van der Waals surface area contributed by atoms with Crippen LogP contribution in [-0.2, 0) is 4.79 Å². The van der Waals surface area contributed by atoms with Crippen LogP contribution in [-0.4, -0.2) is 16.8 Å². The molecule has 0 unspecified atom stereocenters. The zero-order valence-electron chi connectivity index (χ0n) is 8.08.